The van der Waals surface area contributed by atoms with Crippen molar-refractivity contribution in [2.24, 2.45) is 0 Å². The van der Waals surface area contributed by atoms with E-state index in [9.17, 15) is 22.0 Å². The predicted octanol–water partition coefficient (Wildman–Crippen LogP) is 1.81. The molecule has 0 aliphatic carbocycles. The Morgan fingerprint density at radius 1 is 1.10 bits per heavy atom. The second kappa shape index (κ2) is 8.95. The first-order valence-electron chi connectivity index (χ1n) is 8.78. The van der Waals surface area contributed by atoms with E-state index >= 15 is 0 Å². The number of nitrogens with one attached hydrogen (secondary N) is 2. The highest BCUT2D eigenvalue weighted by atomic mass is 32.2. The minimum absolute atomic E-state index is 0.101. The zero-order valence-electron chi connectivity index (χ0n) is 15.8. The van der Waals surface area contributed by atoms with Crippen LogP contribution in [0.15, 0.2) is 53.6 Å². The van der Waals surface area contributed by atoms with Crippen LogP contribution in [0.2, 0.25) is 0 Å². The van der Waals surface area contributed by atoms with Gasteiger partial charge in [0.2, 0.25) is 9.84 Å². The van der Waals surface area contributed by atoms with Crippen molar-refractivity contribution in [2.75, 3.05) is 18.4 Å². The van der Waals surface area contributed by atoms with Crippen molar-refractivity contribution in [1.29, 1.82) is 0 Å². The van der Waals surface area contributed by atoms with Crippen molar-refractivity contribution in [3.63, 3.8) is 0 Å². The molecule has 2 aromatic heterocycles. The molecule has 2 N–H and O–H groups in total. The van der Waals surface area contributed by atoms with Gasteiger partial charge >= 0.3 is 5.76 Å². The van der Waals surface area contributed by atoms with Crippen molar-refractivity contribution in [1.82, 2.24) is 25.3 Å². The molecule has 0 saturated heterocycles. The molecule has 0 saturated carbocycles. The topological polar surface area (TPSA) is 119 Å². The van der Waals surface area contributed by atoms with E-state index in [1.807, 2.05) is 13.0 Å². The zero-order valence-corrected chi connectivity index (χ0v) is 16.6. The first-order chi connectivity index (χ1) is 14.3. The molecular formula is C18H18F2N6O3S. The lowest BCUT2D eigenvalue weighted by Gasteiger charge is -2.11. The number of halogens is 2. The van der Waals surface area contributed by atoms with Crippen molar-refractivity contribution >= 4 is 21.6 Å². The fraction of sp³-hybridized carbons (Fsp3) is 0.222. The first-order valence-corrected chi connectivity index (χ1v) is 10.3. The number of sulfone groups is 1. The van der Waals surface area contributed by atoms with Crippen LogP contribution in [0.4, 0.5) is 14.6 Å². The van der Waals surface area contributed by atoms with Crippen LogP contribution in [0, 0.1) is 6.92 Å². The highest BCUT2D eigenvalue weighted by Gasteiger charge is 2.30. The maximum atomic E-state index is 12.8. The van der Waals surface area contributed by atoms with Gasteiger partial charge in [-0.3, -0.25) is 4.79 Å². The SMILES string of the molecule is Cc1ccn(-c2ccc(NCCNC(=O)c3ccccc3S(=O)(=O)C(F)F)nn2)n1. The third-order valence-corrected chi connectivity index (χ3v) is 5.44. The maximum absolute atomic E-state index is 12.8. The lowest BCUT2D eigenvalue weighted by atomic mass is 10.2. The molecule has 0 fully saturated rings. The normalized spacial score (nSPS) is 11.5. The van der Waals surface area contributed by atoms with E-state index < -0.39 is 26.4 Å². The summed E-state index contributed by atoms with van der Waals surface area (Å²) in [6.07, 6.45) is 1.76. The van der Waals surface area contributed by atoms with E-state index in [2.05, 4.69) is 25.9 Å². The third-order valence-electron chi connectivity index (χ3n) is 4.00. The quantitative estimate of drug-likeness (QED) is 0.517. The Morgan fingerprint density at radius 2 is 1.87 bits per heavy atom. The number of aryl methyl sites for hydroxylation is 1. The molecule has 0 aliphatic heterocycles. The molecule has 3 rings (SSSR count). The van der Waals surface area contributed by atoms with Crippen LogP contribution in [0.1, 0.15) is 16.1 Å². The maximum Gasteiger partial charge on any atom is 0.341 e. The largest absolute Gasteiger partial charge is 0.367 e. The highest BCUT2D eigenvalue weighted by Crippen LogP contribution is 2.22. The molecule has 9 nitrogen and oxygen atoms in total. The van der Waals surface area contributed by atoms with Gasteiger partial charge in [-0.15, -0.1) is 10.2 Å². The van der Waals surface area contributed by atoms with Crippen LogP contribution in [0.25, 0.3) is 5.82 Å². The van der Waals surface area contributed by atoms with Gasteiger partial charge in [-0.05, 0) is 37.3 Å². The zero-order chi connectivity index (χ0) is 21.7. The van der Waals surface area contributed by atoms with Crippen molar-refractivity contribution in [3.8, 4) is 5.82 Å². The molecule has 12 heteroatoms. The van der Waals surface area contributed by atoms with E-state index in [4.69, 9.17) is 0 Å². The van der Waals surface area contributed by atoms with E-state index in [0.29, 0.717) is 11.6 Å². The smallest absolute Gasteiger partial charge is 0.341 e. The van der Waals surface area contributed by atoms with Gasteiger partial charge < -0.3 is 10.6 Å². The van der Waals surface area contributed by atoms with Crippen LogP contribution in [0.5, 0.6) is 0 Å². The predicted molar refractivity (Wildman–Crippen MR) is 104 cm³/mol. The molecule has 0 unspecified atom stereocenters. The van der Waals surface area contributed by atoms with Crippen LogP contribution >= 0.6 is 0 Å². The molecule has 1 aromatic carbocycles. The summed E-state index contributed by atoms with van der Waals surface area (Å²) < 4.78 is 50.7. The number of carbonyl (C=O) groups is 1. The standard InChI is InChI=1S/C18H18F2N6O3S/c1-12-8-11-26(25-12)16-7-6-15(23-24-16)21-9-10-22-17(27)13-4-2-3-5-14(13)30(28,29)18(19)20/h2-8,11,18H,9-10H2,1H3,(H,21,23)(H,22,27). The Morgan fingerprint density at radius 3 is 2.50 bits per heavy atom. The van der Waals surface area contributed by atoms with Crippen molar-refractivity contribution in [2.45, 2.75) is 17.6 Å². The van der Waals surface area contributed by atoms with Crippen LogP contribution in [-0.4, -0.2) is 53.1 Å². The Hall–Kier alpha value is -3.41. The molecule has 0 atom stereocenters. The Balaban J connectivity index is 1.56. The van der Waals surface area contributed by atoms with E-state index in [1.54, 1.807) is 23.0 Å². The molecule has 30 heavy (non-hydrogen) atoms. The Kier molecular flexibility index (Phi) is 6.35. The fourth-order valence-electron chi connectivity index (χ4n) is 2.54. The number of anilines is 1. The van der Waals surface area contributed by atoms with Gasteiger partial charge in [-0.2, -0.15) is 13.9 Å². The first kappa shape index (κ1) is 21.3. The molecule has 0 spiro atoms. The highest BCUT2D eigenvalue weighted by molar-refractivity contribution is 7.91. The summed E-state index contributed by atoms with van der Waals surface area (Å²) in [4.78, 5) is 11.6. The minimum Gasteiger partial charge on any atom is -0.367 e. The van der Waals surface area contributed by atoms with Gasteiger partial charge in [-0.1, -0.05) is 12.1 Å². The molecular weight excluding hydrogens is 418 g/mol. The van der Waals surface area contributed by atoms with Crippen LogP contribution in [0.3, 0.4) is 0 Å². The Bertz CT molecular complexity index is 1130. The summed E-state index contributed by atoms with van der Waals surface area (Å²) in [5.41, 5.74) is 0.508. The molecule has 1 amide bonds. The monoisotopic (exact) mass is 436 g/mol. The lowest BCUT2D eigenvalue weighted by Crippen LogP contribution is -2.30. The average Bonchev–Trinajstić information content (AvgIpc) is 3.17. The number of nitrogens with zero attached hydrogens (tertiary/aromatic N) is 4. The summed E-state index contributed by atoms with van der Waals surface area (Å²) in [6.45, 7) is 2.21. The summed E-state index contributed by atoms with van der Waals surface area (Å²) >= 11 is 0. The van der Waals surface area contributed by atoms with E-state index in [1.165, 1.54) is 18.2 Å². The van der Waals surface area contributed by atoms with E-state index in [0.717, 1.165) is 11.8 Å². The third kappa shape index (κ3) is 4.76. The lowest BCUT2D eigenvalue weighted by molar-refractivity contribution is 0.0951. The van der Waals surface area contributed by atoms with Gasteiger partial charge in [0, 0.05) is 19.3 Å². The second-order valence-corrected chi connectivity index (χ2v) is 8.05. The van der Waals surface area contributed by atoms with Crippen LogP contribution in [-0.2, 0) is 9.84 Å². The summed E-state index contributed by atoms with van der Waals surface area (Å²) in [7, 11) is -4.89. The number of rotatable bonds is 8. The number of carbonyl (C=O) groups excluding carboxylic acids is 1. The second-order valence-electron chi connectivity index (χ2n) is 6.16. The molecule has 2 heterocycles. The van der Waals surface area contributed by atoms with Gasteiger partial charge in [0.25, 0.3) is 5.91 Å². The molecule has 0 aliphatic rings. The summed E-state index contributed by atoms with van der Waals surface area (Å²) in [6, 6.07) is 10.1. The Labute approximate surface area is 171 Å². The minimum atomic E-state index is -4.89. The number of aromatic nitrogens is 4. The molecule has 0 bridgehead atoms. The van der Waals surface area contributed by atoms with Crippen molar-refractivity contribution < 1.29 is 22.0 Å². The van der Waals surface area contributed by atoms with Gasteiger partial charge in [0.05, 0.1) is 16.2 Å². The number of alkyl halides is 2. The average molecular weight is 436 g/mol. The van der Waals surface area contributed by atoms with Crippen LogP contribution < -0.4 is 10.6 Å². The number of amides is 1. The number of hydrogen-bond donors (Lipinski definition) is 2. The molecule has 3 aromatic rings. The summed E-state index contributed by atoms with van der Waals surface area (Å²) in [5.74, 6) is -3.39. The van der Waals surface area contributed by atoms with Gasteiger partial charge in [0.1, 0.15) is 5.82 Å². The number of hydrogen-bond acceptors (Lipinski definition) is 7. The molecule has 0 radical (unpaired) electrons. The van der Waals surface area contributed by atoms with Gasteiger partial charge in [0.15, 0.2) is 5.82 Å². The van der Waals surface area contributed by atoms with Gasteiger partial charge in [-0.25, -0.2) is 13.1 Å². The molecule has 158 valence electrons. The number of benzene rings is 1. The van der Waals surface area contributed by atoms with Crippen molar-refractivity contribution in [3.05, 3.63) is 59.9 Å². The van der Waals surface area contributed by atoms with E-state index in [-0.39, 0.29) is 18.7 Å². The fourth-order valence-corrected chi connectivity index (χ4v) is 3.47. The summed E-state index contributed by atoms with van der Waals surface area (Å²) in [5, 5.41) is 17.7.